The summed E-state index contributed by atoms with van der Waals surface area (Å²) in [6.45, 7) is 2.88. The average molecular weight is 306 g/mol. The van der Waals surface area contributed by atoms with Crippen LogP contribution in [0.3, 0.4) is 0 Å². The molecule has 7 nitrogen and oxygen atoms in total. The van der Waals surface area contributed by atoms with Gasteiger partial charge in [-0.05, 0) is 18.8 Å². The fourth-order valence-electron chi connectivity index (χ4n) is 4.08. The zero-order chi connectivity index (χ0) is 15.1. The lowest BCUT2D eigenvalue weighted by Crippen LogP contribution is -3.20. The van der Waals surface area contributed by atoms with E-state index in [2.05, 4.69) is 15.6 Å². The van der Waals surface area contributed by atoms with E-state index in [1.165, 1.54) is 4.90 Å². The fraction of sp³-hybridized carbons (Fsp3) is 0.800. The van der Waals surface area contributed by atoms with Crippen LogP contribution in [0, 0.1) is 11.8 Å². The van der Waals surface area contributed by atoms with Gasteiger partial charge in [0, 0.05) is 18.9 Å². The predicted octanol–water partition coefficient (Wildman–Crippen LogP) is -1.66. The number of rotatable bonds is 5. The Labute approximate surface area is 129 Å². The van der Waals surface area contributed by atoms with Gasteiger partial charge in [-0.1, -0.05) is 5.21 Å². The number of hydrogen-bond acceptors (Lipinski definition) is 4. The molecule has 0 radical (unpaired) electrons. The number of carbonyl (C=O) groups excluding carboxylic acids is 1. The first kappa shape index (κ1) is 14.1. The Morgan fingerprint density at radius 2 is 2.32 bits per heavy atom. The number of fused-ring (bicyclic) bond motifs is 3. The summed E-state index contributed by atoms with van der Waals surface area (Å²) >= 11 is 0. The molecular weight excluding hydrogens is 282 g/mol. The molecule has 1 aliphatic carbocycles. The monoisotopic (exact) mass is 306 g/mol. The first-order chi connectivity index (χ1) is 10.7. The van der Waals surface area contributed by atoms with Gasteiger partial charge >= 0.3 is 0 Å². The third kappa shape index (κ3) is 2.75. The van der Waals surface area contributed by atoms with Gasteiger partial charge in [-0.3, -0.25) is 4.79 Å². The van der Waals surface area contributed by atoms with Crippen LogP contribution >= 0.6 is 0 Å². The molecule has 0 spiro atoms. The number of piperidine rings is 3. The van der Waals surface area contributed by atoms with Crippen LogP contribution in [0.1, 0.15) is 31.4 Å². The normalized spacial score (nSPS) is 33.9. The molecule has 1 aromatic rings. The second-order valence-corrected chi connectivity index (χ2v) is 7.07. The fourth-order valence-corrected chi connectivity index (χ4v) is 4.08. The summed E-state index contributed by atoms with van der Waals surface area (Å²) in [4.78, 5) is 13.9. The highest BCUT2D eigenvalue weighted by atomic mass is 16.3. The lowest BCUT2D eigenvalue weighted by molar-refractivity contribution is -0.945. The molecule has 22 heavy (non-hydrogen) atoms. The van der Waals surface area contributed by atoms with Crippen molar-refractivity contribution in [2.24, 2.45) is 11.8 Å². The number of aliphatic hydroxyl groups excluding tert-OH is 1. The molecule has 4 fully saturated rings. The summed E-state index contributed by atoms with van der Waals surface area (Å²) in [5.41, 5.74) is 0.618. The molecule has 120 valence electrons. The number of nitrogens with zero attached hydrogens (tertiary/aromatic N) is 3. The van der Waals surface area contributed by atoms with E-state index >= 15 is 0 Å². The van der Waals surface area contributed by atoms with Crippen LogP contribution < -0.4 is 10.2 Å². The zero-order valence-electron chi connectivity index (χ0n) is 12.7. The van der Waals surface area contributed by atoms with E-state index in [1.54, 1.807) is 0 Å². The Balaban J connectivity index is 1.38. The van der Waals surface area contributed by atoms with Gasteiger partial charge in [-0.2, -0.15) is 0 Å². The van der Waals surface area contributed by atoms with Crippen LogP contribution in [-0.2, 0) is 17.9 Å². The highest BCUT2D eigenvalue weighted by Crippen LogP contribution is 2.29. The predicted molar refractivity (Wildman–Crippen MR) is 77.8 cm³/mol. The molecular formula is C15H24N5O2+. The first-order valence-electron chi connectivity index (χ1n) is 8.37. The van der Waals surface area contributed by atoms with Gasteiger partial charge < -0.3 is 15.3 Å². The van der Waals surface area contributed by atoms with Crippen molar-refractivity contribution in [2.45, 2.75) is 50.9 Å². The lowest BCUT2D eigenvalue weighted by atomic mass is 9.75. The lowest BCUT2D eigenvalue weighted by Gasteiger charge is -2.46. The van der Waals surface area contributed by atoms with E-state index in [-0.39, 0.29) is 18.4 Å². The SMILES string of the molecule is O=C(NC1CC1)[C@H]1C[NH+]2CC[C@H]1C[C@@H]2Cn1cc(CO)nn1. The second-order valence-electron chi connectivity index (χ2n) is 7.07. The smallest absolute Gasteiger partial charge is 0.229 e. The van der Waals surface area contributed by atoms with Crippen LogP contribution in [0.15, 0.2) is 6.20 Å². The third-order valence-electron chi connectivity index (χ3n) is 5.47. The molecule has 4 aliphatic rings. The van der Waals surface area contributed by atoms with Crippen molar-refractivity contribution in [1.82, 2.24) is 20.3 Å². The van der Waals surface area contributed by atoms with Gasteiger partial charge in [0.1, 0.15) is 11.7 Å². The largest absolute Gasteiger partial charge is 0.390 e. The van der Waals surface area contributed by atoms with Crippen molar-refractivity contribution in [2.75, 3.05) is 13.1 Å². The summed E-state index contributed by atoms with van der Waals surface area (Å²) in [5.74, 6) is 0.998. The zero-order valence-corrected chi connectivity index (χ0v) is 12.7. The molecule has 3 aliphatic heterocycles. The van der Waals surface area contributed by atoms with Gasteiger partial charge in [-0.15, -0.1) is 5.10 Å². The number of carbonyl (C=O) groups is 1. The van der Waals surface area contributed by atoms with Gasteiger partial charge in [0.05, 0.1) is 38.4 Å². The molecule has 0 aromatic carbocycles. The van der Waals surface area contributed by atoms with Gasteiger partial charge in [0.25, 0.3) is 0 Å². The molecule has 1 amide bonds. The molecule has 1 saturated carbocycles. The average Bonchev–Trinajstić information content (AvgIpc) is 3.24. The molecule has 1 unspecified atom stereocenters. The molecule has 4 atom stereocenters. The van der Waals surface area contributed by atoms with Crippen LogP contribution in [0.2, 0.25) is 0 Å². The van der Waals surface area contributed by atoms with Crippen molar-refractivity contribution in [3.8, 4) is 0 Å². The first-order valence-corrected chi connectivity index (χ1v) is 8.37. The number of aliphatic hydroxyl groups is 1. The molecule has 2 bridgehead atoms. The molecule has 7 heteroatoms. The number of quaternary nitrogens is 1. The van der Waals surface area contributed by atoms with E-state index in [0.717, 1.165) is 45.3 Å². The van der Waals surface area contributed by atoms with E-state index in [4.69, 9.17) is 5.11 Å². The third-order valence-corrected chi connectivity index (χ3v) is 5.47. The van der Waals surface area contributed by atoms with Crippen molar-refractivity contribution in [3.63, 3.8) is 0 Å². The Morgan fingerprint density at radius 3 is 2.95 bits per heavy atom. The molecule has 5 rings (SSSR count). The minimum atomic E-state index is -0.0622. The van der Waals surface area contributed by atoms with Gasteiger partial charge in [-0.25, -0.2) is 4.68 Å². The van der Waals surface area contributed by atoms with Crippen LogP contribution in [-0.4, -0.2) is 51.2 Å². The van der Waals surface area contributed by atoms with Crippen molar-refractivity contribution in [1.29, 1.82) is 0 Å². The van der Waals surface area contributed by atoms with Crippen LogP contribution in [0.5, 0.6) is 0 Å². The minimum absolute atomic E-state index is 0.0622. The Hall–Kier alpha value is -1.47. The highest BCUT2D eigenvalue weighted by Gasteiger charge is 2.47. The van der Waals surface area contributed by atoms with Crippen molar-refractivity contribution < 1.29 is 14.8 Å². The van der Waals surface area contributed by atoms with E-state index in [1.807, 2.05) is 10.9 Å². The summed E-state index contributed by atoms with van der Waals surface area (Å²) in [5, 5.41) is 20.3. The maximum atomic E-state index is 12.4. The number of nitrogens with one attached hydrogen (secondary N) is 2. The quantitative estimate of drug-likeness (QED) is 0.608. The minimum Gasteiger partial charge on any atom is -0.390 e. The van der Waals surface area contributed by atoms with Crippen molar-refractivity contribution >= 4 is 5.91 Å². The molecule has 3 saturated heterocycles. The standard InChI is InChI=1S/C15H23N5O2/c21-9-12-6-20(18-17-12)7-13-5-10-3-4-19(13)8-14(10)15(22)16-11-1-2-11/h6,10-11,13-14,21H,1-5,7-9H2,(H,16,22)/p+1/t10-,13+,14-/m0/s1. The molecule has 1 aromatic heterocycles. The Bertz CT molecular complexity index is 556. The van der Waals surface area contributed by atoms with E-state index < -0.39 is 0 Å². The van der Waals surface area contributed by atoms with E-state index in [0.29, 0.717) is 23.7 Å². The number of amides is 1. The van der Waals surface area contributed by atoms with Gasteiger partial charge in [0.15, 0.2) is 0 Å². The Kier molecular flexibility index (Phi) is 3.62. The maximum absolute atomic E-state index is 12.4. The van der Waals surface area contributed by atoms with Crippen LogP contribution in [0.25, 0.3) is 0 Å². The summed E-state index contributed by atoms with van der Waals surface area (Å²) in [7, 11) is 0. The summed E-state index contributed by atoms with van der Waals surface area (Å²) in [6.07, 6.45) is 6.38. The summed E-state index contributed by atoms with van der Waals surface area (Å²) < 4.78 is 1.84. The van der Waals surface area contributed by atoms with Crippen molar-refractivity contribution in [3.05, 3.63) is 11.9 Å². The highest BCUT2D eigenvalue weighted by molar-refractivity contribution is 5.79. The topological polar surface area (TPSA) is 84.5 Å². The summed E-state index contributed by atoms with van der Waals surface area (Å²) in [6, 6.07) is 0.970. The second kappa shape index (κ2) is 5.62. The Morgan fingerprint density at radius 1 is 1.45 bits per heavy atom. The number of hydrogen-bond donors (Lipinski definition) is 3. The van der Waals surface area contributed by atoms with Gasteiger partial charge in [0.2, 0.25) is 5.91 Å². The van der Waals surface area contributed by atoms with E-state index in [9.17, 15) is 4.79 Å². The van der Waals surface area contributed by atoms with Crippen LogP contribution in [0.4, 0.5) is 0 Å². The molecule has 4 heterocycles. The maximum Gasteiger partial charge on any atom is 0.229 e. The molecule has 3 N–H and O–H groups in total. The number of aromatic nitrogens is 3.